The second-order valence-corrected chi connectivity index (χ2v) is 5.63. The number of hydrogen-bond acceptors (Lipinski definition) is 3. The number of carbonyl (C=O) groups is 1. The van der Waals surface area contributed by atoms with Crippen LogP contribution in [0.4, 0.5) is 5.69 Å². The van der Waals surface area contributed by atoms with Gasteiger partial charge in [0.15, 0.2) is 0 Å². The Hall–Kier alpha value is -1.33. The Morgan fingerprint density at radius 3 is 2.84 bits per heavy atom. The quantitative estimate of drug-likeness (QED) is 0.857. The minimum absolute atomic E-state index is 0.140. The highest BCUT2D eigenvalue weighted by Gasteiger charge is 2.11. The molecule has 19 heavy (non-hydrogen) atoms. The molecule has 0 fully saturated rings. The fourth-order valence-corrected chi connectivity index (χ4v) is 2.44. The number of hydrogen-bond donors (Lipinski definition) is 1. The Kier molecular flexibility index (Phi) is 4.61. The SMILES string of the molecule is CSc1ncccc1C(=O)Nc1ccc(Br)c(C)c1. The van der Waals surface area contributed by atoms with Crippen LogP contribution in [0.5, 0.6) is 0 Å². The van der Waals surface area contributed by atoms with Gasteiger partial charge < -0.3 is 5.32 Å². The average Bonchev–Trinajstić information content (AvgIpc) is 2.43. The van der Waals surface area contributed by atoms with Crippen molar-refractivity contribution >= 4 is 39.3 Å². The molecule has 3 nitrogen and oxygen atoms in total. The van der Waals surface area contributed by atoms with E-state index in [1.54, 1.807) is 18.3 Å². The van der Waals surface area contributed by atoms with E-state index < -0.39 is 0 Å². The molecule has 2 aromatic rings. The van der Waals surface area contributed by atoms with Gasteiger partial charge in [-0.25, -0.2) is 4.98 Å². The Morgan fingerprint density at radius 1 is 1.37 bits per heavy atom. The molecular formula is C14H13BrN2OS. The third-order valence-corrected chi connectivity index (χ3v) is 4.23. The van der Waals surface area contributed by atoms with Crippen LogP contribution in [-0.2, 0) is 0 Å². The van der Waals surface area contributed by atoms with E-state index in [9.17, 15) is 4.79 Å². The summed E-state index contributed by atoms with van der Waals surface area (Å²) >= 11 is 4.90. The topological polar surface area (TPSA) is 42.0 Å². The molecule has 0 unspecified atom stereocenters. The van der Waals surface area contributed by atoms with Gasteiger partial charge in [-0.2, -0.15) is 0 Å². The van der Waals surface area contributed by atoms with Crippen molar-refractivity contribution in [2.45, 2.75) is 11.9 Å². The van der Waals surface area contributed by atoms with Crippen molar-refractivity contribution in [3.8, 4) is 0 Å². The number of pyridine rings is 1. The number of anilines is 1. The second kappa shape index (κ2) is 6.21. The first-order valence-electron chi connectivity index (χ1n) is 5.68. The lowest BCUT2D eigenvalue weighted by Crippen LogP contribution is -2.13. The molecule has 0 aliphatic heterocycles. The normalized spacial score (nSPS) is 10.3. The summed E-state index contributed by atoms with van der Waals surface area (Å²) in [7, 11) is 0. The van der Waals surface area contributed by atoms with E-state index in [4.69, 9.17) is 0 Å². The van der Waals surface area contributed by atoms with Crippen LogP contribution >= 0.6 is 27.7 Å². The second-order valence-electron chi connectivity index (χ2n) is 3.98. The zero-order valence-corrected chi connectivity index (χ0v) is 13.0. The number of rotatable bonds is 3. The number of aryl methyl sites for hydroxylation is 1. The maximum absolute atomic E-state index is 12.2. The van der Waals surface area contributed by atoms with E-state index in [-0.39, 0.29) is 5.91 Å². The molecule has 2 rings (SSSR count). The molecule has 0 saturated carbocycles. The maximum atomic E-state index is 12.2. The van der Waals surface area contributed by atoms with E-state index in [1.807, 2.05) is 31.4 Å². The number of nitrogens with one attached hydrogen (secondary N) is 1. The highest BCUT2D eigenvalue weighted by molar-refractivity contribution is 9.10. The van der Waals surface area contributed by atoms with Crippen molar-refractivity contribution < 1.29 is 4.79 Å². The molecule has 1 N–H and O–H groups in total. The first-order valence-corrected chi connectivity index (χ1v) is 7.70. The molecule has 0 atom stereocenters. The molecule has 1 amide bonds. The Morgan fingerprint density at radius 2 is 2.16 bits per heavy atom. The molecule has 1 aromatic heterocycles. The molecule has 0 spiro atoms. The number of carbonyl (C=O) groups excluding carboxylic acids is 1. The molecule has 0 aliphatic carbocycles. The smallest absolute Gasteiger partial charge is 0.258 e. The lowest BCUT2D eigenvalue weighted by Gasteiger charge is -2.09. The lowest BCUT2D eigenvalue weighted by atomic mass is 10.2. The molecule has 0 aliphatic rings. The Bertz CT molecular complexity index is 616. The maximum Gasteiger partial charge on any atom is 0.258 e. The molecule has 1 aromatic carbocycles. The molecule has 98 valence electrons. The number of aromatic nitrogens is 1. The van der Waals surface area contributed by atoms with Gasteiger partial charge in [0.05, 0.1) is 5.56 Å². The fourth-order valence-electron chi connectivity index (χ4n) is 1.65. The third-order valence-electron chi connectivity index (χ3n) is 2.62. The predicted molar refractivity (Wildman–Crippen MR) is 82.9 cm³/mol. The molecular weight excluding hydrogens is 324 g/mol. The highest BCUT2D eigenvalue weighted by atomic mass is 79.9. The van der Waals surface area contributed by atoms with Crippen LogP contribution in [0, 0.1) is 6.92 Å². The van der Waals surface area contributed by atoms with Crippen molar-refractivity contribution in [2.24, 2.45) is 0 Å². The van der Waals surface area contributed by atoms with Crippen molar-refractivity contribution in [2.75, 3.05) is 11.6 Å². The van der Waals surface area contributed by atoms with Gasteiger partial charge in [-0.3, -0.25) is 4.79 Å². The summed E-state index contributed by atoms with van der Waals surface area (Å²) < 4.78 is 1.02. The average molecular weight is 337 g/mol. The van der Waals surface area contributed by atoms with Gasteiger partial charge in [0.1, 0.15) is 5.03 Å². The lowest BCUT2D eigenvalue weighted by molar-refractivity contribution is 0.102. The van der Waals surface area contributed by atoms with Crippen molar-refractivity contribution in [1.82, 2.24) is 4.98 Å². The van der Waals surface area contributed by atoms with E-state index >= 15 is 0 Å². The first-order chi connectivity index (χ1) is 9.11. The largest absolute Gasteiger partial charge is 0.322 e. The summed E-state index contributed by atoms with van der Waals surface area (Å²) in [5.74, 6) is -0.140. The van der Waals surface area contributed by atoms with Gasteiger partial charge in [-0.05, 0) is 49.1 Å². The summed E-state index contributed by atoms with van der Waals surface area (Å²) in [6.45, 7) is 1.98. The zero-order valence-electron chi connectivity index (χ0n) is 10.6. The number of nitrogens with zero attached hydrogens (tertiary/aromatic N) is 1. The van der Waals surface area contributed by atoms with Crippen LogP contribution in [0.3, 0.4) is 0 Å². The van der Waals surface area contributed by atoms with Gasteiger partial charge >= 0.3 is 0 Å². The molecule has 5 heteroatoms. The summed E-state index contributed by atoms with van der Waals surface area (Å²) in [5, 5.41) is 3.62. The van der Waals surface area contributed by atoms with Crippen molar-refractivity contribution in [3.05, 3.63) is 52.1 Å². The van der Waals surface area contributed by atoms with Crippen LogP contribution in [0.1, 0.15) is 15.9 Å². The number of benzene rings is 1. The molecule has 0 radical (unpaired) electrons. The Balaban J connectivity index is 2.23. The summed E-state index contributed by atoms with van der Waals surface area (Å²) in [4.78, 5) is 16.4. The summed E-state index contributed by atoms with van der Waals surface area (Å²) in [6.07, 6.45) is 3.59. The first kappa shape index (κ1) is 14.1. The molecule has 0 bridgehead atoms. The minimum atomic E-state index is -0.140. The summed E-state index contributed by atoms with van der Waals surface area (Å²) in [5.41, 5.74) is 2.45. The van der Waals surface area contributed by atoms with E-state index in [2.05, 4.69) is 26.2 Å². The van der Waals surface area contributed by atoms with Gasteiger partial charge in [0.25, 0.3) is 5.91 Å². The zero-order chi connectivity index (χ0) is 13.8. The molecule has 1 heterocycles. The van der Waals surface area contributed by atoms with Crippen molar-refractivity contribution in [3.63, 3.8) is 0 Å². The van der Waals surface area contributed by atoms with E-state index in [0.29, 0.717) is 5.56 Å². The van der Waals surface area contributed by atoms with Crippen LogP contribution in [0.2, 0.25) is 0 Å². The van der Waals surface area contributed by atoms with Crippen LogP contribution in [0.25, 0.3) is 0 Å². The fraction of sp³-hybridized carbons (Fsp3) is 0.143. The Labute approximate surface area is 125 Å². The number of halogens is 1. The van der Waals surface area contributed by atoms with Crippen LogP contribution in [0.15, 0.2) is 46.0 Å². The standard InChI is InChI=1S/C14H13BrN2OS/c1-9-8-10(5-6-12(9)15)17-13(18)11-4-3-7-16-14(11)19-2/h3-8H,1-2H3,(H,17,18). The van der Waals surface area contributed by atoms with E-state index in [0.717, 1.165) is 20.7 Å². The van der Waals surface area contributed by atoms with Crippen LogP contribution < -0.4 is 5.32 Å². The third kappa shape index (κ3) is 3.36. The van der Waals surface area contributed by atoms with Crippen LogP contribution in [-0.4, -0.2) is 17.1 Å². The van der Waals surface area contributed by atoms with Gasteiger partial charge in [-0.1, -0.05) is 15.9 Å². The predicted octanol–water partition coefficient (Wildman–Crippen LogP) is 4.13. The number of thioether (sulfide) groups is 1. The summed E-state index contributed by atoms with van der Waals surface area (Å²) in [6, 6.07) is 9.26. The van der Waals surface area contributed by atoms with Gasteiger partial charge in [-0.15, -0.1) is 11.8 Å². The number of amides is 1. The van der Waals surface area contributed by atoms with Gasteiger partial charge in [0.2, 0.25) is 0 Å². The minimum Gasteiger partial charge on any atom is -0.322 e. The monoisotopic (exact) mass is 336 g/mol. The van der Waals surface area contributed by atoms with Gasteiger partial charge in [0, 0.05) is 16.4 Å². The molecule has 0 saturated heterocycles. The highest BCUT2D eigenvalue weighted by Crippen LogP contribution is 2.22. The van der Waals surface area contributed by atoms with E-state index in [1.165, 1.54) is 11.8 Å². The van der Waals surface area contributed by atoms with Crippen molar-refractivity contribution in [1.29, 1.82) is 0 Å².